The van der Waals surface area contributed by atoms with Gasteiger partial charge in [-0.1, -0.05) is 38.1 Å². The zero-order chi connectivity index (χ0) is 20.1. The second-order valence-electron chi connectivity index (χ2n) is 7.55. The second-order valence-corrected chi connectivity index (χ2v) is 7.55. The predicted octanol–water partition coefficient (Wildman–Crippen LogP) is 3.07. The third kappa shape index (κ3) is 4.62. The van der Waals surface area contributed by atoms with E-state index in [2.05, 4.69) is 24.5 Å². The van der Waals surface area contributed by atoms with Crippen molar-refractivity contribution in [2.75, 3.05) is 5.32 Å². The summed E-state index contributed by atoms with van der Waals surface area (Å²) >= 11 is 0. The van der Waals surface area contributed by atoms with E-state index >= 15 is 0 Å². The zero-order valence-corrected chi connectivity index (χ0v) is 16.6. The number of nitrogens with one attached hydrogen (secondary N) is 2. The number of aliphatic hydroxyl groups excluding tert-OH is 1. The summed E-state index contributed by atoms with van der Waals surface area (Å²) in [7, 11) is 0. The van der Waals surface area contributed by atoms with Crippen molar-refractivity contribution >= 4 is 17.4 Å². The van der Waals surface area contributed by atoms with Gasteiger partial charge in [-0.15, -0.1) is 0 Å². The summed E-state index contributed by atoms with van der Waals surface area (Å²) in [6, 6.07) is 9.58. The van der Waals surface area contributed by atoms with Crippen molar-refractivity contribution in [2.45, 2.75) is 58.1 Å². The maximum atomic E-state index is 12.1. The van der Waals surface area contributed by atoms with Gasteiger partial charge in [0, 0.05) is 5.69 Å². The van der Waals surface area contributed by atoms with Crippen LogP contribution in [0.1, 0.15) is 46.0 Å². The fourth-order valence-corrected chi connectivity index (χ4v) is 3.91. The van der Waals surface area contributed by atoms with Gasteiger partial charge in [0.15, 0.2) is 0 Å². The molecule has 2 aliphatic rings. The van der Waals surface area contributed by atoms with Crippen LogP contribution < -0.4 is 16.4 Å². The lowest BCUT2D eigenvalue weighted by atomic mass is 9.92. The van der Waals surface area contributed by atoms with Crippen LogP contribution in [0.5, 0.6) is 0 Å². The number of carbonyl (C=O) groups excluding carboxylic acids is 1. The Balaban J connectivity index is 2.03. The molecule has 6 heteroatoms. The largest absolute Gasteiger partial charge is 0.391 e. The summed E-state index contributed by atoms with van der Waals surface area (Å²) in [5.74, 6) is 0.898. The van der Waals surface area contributed by atoms with Gasteiger partial charge in [0.1, 0.15) is 11.7 Å². The molecule has 5 N–H and O–H groups in total. The van der Waals surface area contributed by atoms with Crippen LogP contribution in [0, 0.1) is 5.92 Å². The van der Waals surface area contributed by atoms with Crippen LogP contribution in [0.2, 0.25) is 0 Å². The molecule has 1 aromatic carbocycles. The zero-order valence-electron chi connectivity index (χ0n) is 16.6. The van der Waals surface area contributed by atoms with Crippen molar-refractivity contribution in [1.29, 1.82) is 0 Å². The van der Waals surface area contributed by atoms with Crippen molar-refractivity contribution in [3.05, 3.63) is 53.4 Å². The SMILES string of the molecule is CC/C1=C(N[C@H]2CCC[C@@H]2O)/N=C(Nc2ccccc2)\C(C(N)=O)=C\CC1C. The van der Waals surface area contributed by atoms with Crippen LogP contribution in [0.25, 0.3) is 0 Å². The Labute approximate surface area is 166 Å². The molecule has 1 saturated carbocycles. The first-order valence-electron chi connectivity index (χ1n) is 10.1. The van der Waals surface area contributed by atoms with Crippen LogP contribution in [0.3, 0.4) is 0 Å². The Bertz CT molecular complexity index is 798. The molecule has 6 nitrogen and oxygen atoms in total. The smallest absolute Gasteiger partial charge is 0.252 e. The monoisotopic (exact) mass is 382 g/mol. The van der Waals surface area contributed by atoms with E-state index in [9.17, 15) is 9.90 Å². The van der Waals surface area contributed by atoms with E-state index in [0.29, 0.717) is 17.8 Å². The van der Waals surface area contributed by atoms with E-state index in [1.807, 2.05) is 36.4 Å². The fraction of sp³-hybridized carbons (Fsp3) is 0.455. The van der Waals surface area contributed by atoms with E-state index in [-0.39, 0.29) is 18.1 Å². The maximum absolute atomic E-state index is 12.1. The molecule has 1 aromatic rings. The third-order valence-electron chi connectivity index (χ3n) is 5.54. The number of anilines is 1. The van der Waals surface area contributed by atoms with Crippen molar-refractivity contribution in [3.8, 4) is 0 Å². The highest BCUT2D eigenvalue weighted by atomic mass is 16.3. The van der Waals surface area contributed by atoms with E-state index in [4.69, 9.17) is 10.7 Å². The van der Waals surface area contributed by atoms with Gasteiger partial charge in [0.2, 0.25) is 0 Å². The Morgan fingerprint density at radius 3 is 2.64 bits per heavy atom. The molecule has 0 spiro atoms. The minimum absolute atomic E-state index is 0.0223. The molecule has 3 rings (SSSR count). The lowest BCUT2D eigenvalue weighted by Crippen LogP contribution is -2.37. The summed E-state index contributed by atoms with van der Waals surface area (Å²) < 4.78 is 0. The first kappa shape index (κ1) is 20.1. The topological polar surface area (TPSA) is 99.7 Å². The number of benzene rings is 1. The van der Waals surface area contributed by atoms with Gasteiger partial charge >= 0.3 is 0 Å². The van der Waals surface area contributed by atoms with E-state index < -0.39 is 5.91 Å². The van der Waals surface area contributed by atoms with Crippen LogP contribution in [-0.4, -0.2) is 29.0 Å². The number of nitrogens with zero attached hydrogens (tertiary/aromatic N) is 1. The highest BCUT2D eigenvalue weighted by Gasteiger charge is 2.28. The van der Waals surface area contributed by atoms with E-state index in [1.165, 1.54) is 5.57 Å². The molecule has 28 heavy (non-hydrogen) atoms. The number of nitrogens with two attached hydrogens (primary N) is 1. The summed E-state index contributed by atoms with van der Waals surface area (Å²) in [6.07, 6.45) is 5.74. The Morgan fingerprint density at radius 2 is 2.04 bits per heavy atom. The predicted molar refractivity (Wildman–Crippen MR) is 113 cm³/mol. The number of rotatable bonds is 5. The normalized spacial score (nSPS) is 31.8. The summed E-state index contributed by atoms with van der Waals surface area (Å²) in [5.41, 5.74) is 8.08. The highest BCUT2D eigenvalue weighted by Crippen LogP contribution is 2.28. The molecular formula is C22H30N4O2. The molecule has 1 heterocycles. The molecule has 1 amide bonds. The Kier molecular flexibility index (Phi) is 6.52. The molecule has 1 aliphatic heterocycles. The van der Waals surface area contributed by atoms with Gasteiger partial charge < -0.3 is 21.5 Å². The van der Waals surface area contributed by atoms with Crippen LogP contribution in [-0.2, 0) is 4.79 Å². The van der Waals surface area contributed by atoms with Crippen molar-refractivity contribution in [2.24, 2.45) is 16.6 Å². The van der Waals surface area contributed by atoms with Crippen molar-refractivity contribution in [3.63, 3.8) is 0 Å². The number of hydrogen-bond acceptors (Lipinski definition) is 5. The molecule has 0 saturated heterocycles. The number of aliphatic hydroxyl groups is 1. The maximum Gasteiger partial charge on any atom is 0.252 e. The minimum Gasteiger partial charge on any atom is -0.391 e. The van der Waals surface area contributed by atoms with Crippen LogP contribution in [0.4, 0.5) is 5.69 Å². The van der Waals surface area contributed by atoms with E-state index in [1.54, 1.807) is 0 Å². The lowest BCUT2D eigenvalue weighted by molar-refractivity contribution is -0.114. The first-order chi connectivity index (χ1) is 13.5. The highest BCUT2D eigenvalue weighted by molar-refractivity contribution is 6.25. The van der Waals surface area contributed by atoms with Crippen molar-refractivity contribution < 1.29 is 9.90 Å². The molecule has 1 fully saturated rings. The number of amidine groups is 1. The van der Waals surface area contributed by atoms with Gasteiger partial charge in [0.05, 0.1) is 17.7 Å². The van der Waals surface area contributed by atoms with Gasteiger partial charge in [-0.2, -0.15) is 0 Å². The van der Waals surface area contributed by atoms with Gasteiger partial charge in [-0.3, -0.25) is 4.79 Å². The minimum atomic E-state index is -0.505. The number of allylic oxidation sites excluding steroid dienone is 2. The quantitative estimate of drug-likeness (QED) is 0.629. The van der Waals surface area contributed by atoms with Gasteiger partial charge in [-0.05, 0) is 55.7 Å². The number of para-hydroxylation sites is 1. The van der Waals surface area contributed by atoms with Crippen LogP contribution in [0.15, 0.2) is 58.4 Å². The standard InChI is InChI=1S/C22H30N4O2/c1-3-16-14(2)12-13-17(20(23)28)22(24-15-8-5-4-6-9-15)26-21(16)25-18-10-7-11-19(18)27/h4-6,8-9,13-14,18-19,25,27H,3,7,10-12H2,1-2H3,(H2,23,28)(H,24,26)/b17-13+,21-16-/t14?,18-,19-/m0/s1. The first-order valence-corrected chi connectivity index (χ1v) is 10.1. The van der Waals surface area contributed by atoms with Gasteiger partial charge in [0.25, 0.3) is 5.91 Å². The molecule has 3 atom stereocenters. The molecule has 0 bridgehead atoms. The third-order valence-corrected chi connectivity index (χ3v) is 5.54. The second kappa shape index (κ2) is 9.06. The van der Waals surface area contributed by atoms with Crippen molar-refractivity contribution in [1.82, 2.24) is 5.32 Å². The molecule has 0 aromatic heterocycles. The number of carbonyl (C=O) groups is 1. The molecule has 1 aliphatic carbocycles. The van der Waals surface area contributed by atoms with Crippen LogP contribution >= 0.6 is 0 Å². The number of aliphatic imine (C=N–C) groups is 1. The van der Waals surface area contributed by atoms with E-state index in [0.717, 1.165) is 37.2 Å². The molecule has 1 unspecified atom stereocenters. The number of hydrogen-bond donors (Lipinski definition) is 4. The fourth-order valence-electron chi connectivity index (χ4n) is 3.91. The molecule has 150 valence electrons. The van der Waals surface area contributed by atoms with Gasteiger partial charge in [-0.25, -0.2) is 4.99 Å². The number of primary amides is 1. The Morgan fingerprint density at radius 1 is 1.29 bits per heavy atom. The summed E-state index contributed by atoms with van der Waals surface area (Å²) in [4.78, 5) is 17.0. The number of amides is 1. The Hall–Kier alpha value is -2.60. The average Bonchev–Trinajstić information content (AvgIpc) is 3.06. The summed E-state index contributed by atoms with van der Waals surface area (Å²) in [6.45, 7) is 4.24. The summed E-state index contributed by atoms with van der Waals surface area (Å²) in [5, 5.41) is 17.0. The molecule has 0 radical (unpaired) electrons. The molecular weight excluding hydrogens is 352 g/mol. The average molecular weight is 383 g/mol. The lowest BCUT2D eigenvalue weighted by Gasteiger charge is -2.26.